The van der Waals surface area contributed by atoms with Crippen molar-refractivity contribution in [1.82, 2.24) is 5.32 Å². The molecule has 1 aliphatic rings. The van der Waals surface area contributed by atoms with E-state index in [-0.39, 0.29) is 11.4 Å². The maximum absolute atomic E-state index is 14.2. The first-order chi connectivity index (χ1) is 9.43. The highest BCUT2D eigenvalue weighted by molar-refractivity contribution is 7.92. The van der Waals surface area contributed by atoms with Crippen LogP contribution in [0.4, 0.5) is 10.1 Å². The molecule has 1 heterocycles. The molecule has 7 heteroatoms. The first-order valence-corrected chi connectivity index (χ1v) is 8.26. The standard InChI is InChI=1S/C13H17FN2O3S/c1-2-20(18,19)8-12(17)16-11-4-3-9-7-15-6-5-10(9)13(11)14/h3-4,15H,2,5-8H2,1H3,(H,16,17). The number of hydrogen-bond acceptors (Lipinski definition) is 4. The molecule has 0 spiro atoms. The molecular weight excluding hydrogens is 283 g/mol. The van der Waals surface area contributed by atoms with Gasteiger partial charge in [-0.3, -0.25) is 4.79 Å². The highest BCUT2D eigenvalue weighted by Crippen LogP contribution is 2.24. The number of nitrogens with one attached hydrogen (secondary N) is 2. The zero-order valence-corrected chi connectivity index (χ0v) is 12.0. The fraction of sp³-hybridized carbons (Fsp3) is 0.462. The van der Waals surface area contributed by atoms with Gasteiger partial charge >= 0.3 is 0 Å². The molecular formula is C13H17FN2O3S. The lowest BCUT2D eigenvalue weighted by Gasteiger charge is -2.19. The van der Waals surface area contributed by atoms with Crippen molar-refractivity contribution in [1.29, 1.82) is 0 Å². The lowest BCUT2D eigenvalue weighted by molar-refractivity contribution is -0.113. The van der Waals surface area contributed by atoms with E-state index < -0.39 is 27.3 Å². The van der Waals surface area contributed by atoms with Gasteiger partial charge in [0, 0.05) is 12.3 Å². The van der Waals surface area contributed by atoms with Crippen LogP contribution in [0.3, 0.4) is 0 Å². The Morgan fingerprint density at radius 1 is 1.45 bits per heavy atom. The van der Waals surface area contributed by atoms with E-state index in [0.717, 1.165) is 5.56 Å². The highest BCUT2D eigenvalue weighted by atomic mass is 32.2. The van der Waals surface area contributed by atoms with E-state index in [9.17, 15) is 17.6 Å². The van der Waals surface area contributed by atoms with Gasteiger partial charge in [0.2, 0.25) is 5.91 Å². The minimum absolute atomic E-state index is 0.0435. The van der Waals surface area contributed by atoms with Crippen LogP contribution in [-0.4, -0.2) is 32.4 Å². The van der Waals surface area contributed by atoms with Gasteiger partial charge in [0.15, 0.2) is 9.84 Å². The SMILES string of the molecule is CCS(=O)(=O)CC(=O)Nc1ccc2c(c1F)CCNC2. The molecule has 20 heavy (non-hydrogen) atoms. The van der Waals surface area contributed by atoms with Crippen molar-refractivity contribution >= 4 is 21.4 Å². The van der Waals surface area contributed by atoms with E-state index in [1.54, 1.807) is 6.07 Å². The first kappa shape index (κ1) is 14.9. The first-order valence-electron chi connectivity index (χ1n) is 6.44. The zero-order chi connectivity index (χ0) is 14.8. The summed E-state index contributed by atoms with van der Waals surface area (Å²) in [5.74, 6) is -1.91. The molecule has 0 unspecified atom stereocenters. The quantitative estimate of drug-likeness (QED) is 0.864. The second-order valence-corrected chi connectivity index (χ2v) is 7.07. The van der Waals surface area contributed by atoms with Gasteiger partial charge in [0.25, 0.3) is 0 Å². The number of anilines is 1. The normalized spacial score (nSPS) is 14.7. The Hall–Kier alpha value is -1.47. The molecule has 0 aromatic heterocycles. The number of fused-ring (bicyclic) bond motifs is 1. The van der Waals surface area contributed by atoms with Gasteiger partial charge in [-0.05, 0) is 30.2 Å². The summed E-state index contributed by atoms with van der Waals surface area (Å²) in [7, 11) is -3.41. The third kappa shape index (κ3) is 3.34. The summed E-state index contributed by atoms with van der Waals surface area (Å²) in [6, 6.07) is 3.21. The molecule has 0 radical (unpaired) electrons. The summed E-state index contributed by atoms with van der Waals surface area (Å²) >= 11 is 0. The van der Waals surface area contributed by atoms with Crippen molar-refractivity contribution in [3.8, 4) is 0 Å². The highest BCUT2D eigenvalue weighted by Gasteiger charge is 2.19. The molecule has 0 atom stereocenters. The van der Waals surface area contributed by atoms with Gasteiger partial charge in [0.05, 0.1) is 5.69 Å². The third-order valence-electron chi connectivity index (χ3n) is 3.27. The molecule has 0 aliphatic carbocycles. The average molecular weight is 300 g/mol. The fourth-order valence-corrected chi connectivity index (χ4v) is 2.79. The lowest BCUT2D eigenvalue weighted by atomic mass is 9.99. The molecule has 1 amide bonds. The van der Waals surface area contributed by atoms with Gasteiger partial charge in [0.1, 0.15) is 11.6 Å². The molecule has 1 aliphatic heterocycles. The van der Waals surface area contributed by atoms with E-state index in [2.05, 4.69) is 10.6 Å². The molecule has 0 fully saturated rings. The summed E-state index contributed by atoms with van der Waals surface area (Å²) in [6.45, 7) is 2.76. The summed E-state index contributed by atoms with van der Waals surface area (Å²) in [5.41, 5.74) is 1.50. The zero-order valence-electron chi connectivity index (χ0n) is 11.2. The Morgan fingerprint density at radius 3 is 2.90 bits per heavy atom. The molecule has 1 aromatic carbocycles. The second-order valence-electron chi connectivity index (χ2n) is 4.72. The largest absolute Gasteiger partial charge is 0.323 e. The Morgan fingerprint density at radius 2 is 2.20 bits per heavy atom. The minimum Gasteiger partial charge on any atom is -0.323 e. The number of rotatable bonds is 4. The monoisotopic (exact) mass is 300 g/mol. The van der Waals surface area contributed by atoms with Crippen LogP contribution < -0.4 is 10.6 Å². The van der Waals surface area contributed by atoms with Crippen molar-refractivity contribution in [3.63, 3.8) is 0 Å². The van der Waals surface area contributed by atoms with E-state index in [1.165, 1.54) is 13.0 Å². The smallest absolute Gasteiger partial charge is 0.239 e. The van der Waals surface area contributed by atoms with Crippen molar-refractivity contribution in [2.45, 2.75) is 19.9 Å². The van der Waals surface area contributed by atoms with Gasteiger partial charge in [-0.2, -0.15) is 0 Å². The topological polar surface area (TPSA) is 75.3 Å². The van der Waals surface area contributed by atoms with Crippen molar-refractivity contribution in [3.05, 3.63) is 29.1 Å². The summed E-state index contributed by atoms with van der Waals surface area (Å²) < 4.78 is 36.9. The number of benzene rings is 1. The summed E-state index contributed by atoms with van der Waals surface area (Å²) in [6.07, 6.45) is 0.554. The molecule has 1 aromatic rings. The Labute approximate surface area is 117 Å². The average Bonchev–Trinajstić information content (AvgIpc) is 2.42. The molecule has 110 valence electrons. The maximum Gasteiger partial charge on any atom is 0.239 e. The van der Waals surface area contributed by atoms with E-state index >= 15 is 0 Å². The van der Waals surface area contributed by atoms with Crippen LogP contribution in [0.25, 0.3) is 0 Å². The van der Waals surface area contributed by atoms with Crippen molar-refractivity contribution in [2.75, 3.05) is 23.4 Å². The Bertz CT molecular complexity index is 629. The van der Waals surface area contributed by atoms with Crippen LogP contribution in [0.1, 0.15) is 18.1 Å². The Balaban J connectivity index is 2.16. The van der Waals surface area contributed by atoms with Gasteiger partial charge < -0.3 is 10.6 Å². The van der Waals surface area contributed by atoms with Gasteiger partial charge in [-0.25, -0.2) is 12.8 Å². The molecule has 2 N–H and O–H groups in total. The molecule has 0 saturated carbocycles. The van der Waals surface area contributed by atoms with Gasteiger partial charge in [-0.1, -0.05) is 13.0 Å². The third-order valence-corrected chi connectivity index (χ3v) is 4.85. The van der Waals surface area contributed by atoms with Crippen LogP contribution in [0.2, 0.25) is 0 Å². The summed E-state index contributed by atoms with van der Waals surface area (Å²) in [5, 5.41) is 5.47. The maximum atomic E-state index is 14.2. The number of carbonyl (C=O) groups excluding carboxylic acids is 1. The number of amides is 1. The van der Waals surface area contributed by atoms with Crippen LogP contribution >= 0.6 is 0 Å². The van der Waals surface area contributed by atoms with Gasteiger partial charge in [-0.15, -0.1) is 0 Å². The molecule has 0 saturated heterocycles. The lowest BCUT2D eigenvalue weighted by Crippen LogP contribution is -2.27. The number of halogens is 1. The number of carbonyl (C=O) groups is 1. The van der Waals surface area contributed by atoms with E-state index in [4.69, 9.17) is 0 Å². The van der Waals surface area contributed by atoms with Crippen molar-refractivity contribution in [2.24, 2.45) is 0 Å². The second kappa shape index (κ2) is 5.88. The Kier molecular flexibility index (Phi) is 4.39. The van der Waals surface area contributed by atoms with Crippen LogP contribution in [-0.2, 0) is 27.6 Å². The fourth-order valence-electron chi connectivity index (χ4n) is 2.12. The van der Waals surface area contributed by atoms with Crippen LogP contribution in [0, 0.1) is 5.82 Å². The molecule has 5 nitrogen and oxygen atoms in total. The molecule has 0 bridgehead atoms. The van der Waals surface area contributed by atoms with Crippen molar-refractivity contribution < 1.29 is 17.6 Å². The number of hydrogen-bond donors (Lipinski definition) is 2. The number of sulfone groups is 1. The summed E-state index contributed by atoms with van der Waals surface area (Å²) in [4.78, 5) is 11.6. The van der Waals surface area contributed by atoms with E-state index in [0.29, 0.717) is 25.1 Å². The minimum atomic E-state index is -3.41. The molecule has 2 rings (SSSR count). The van der Waals surface area contributed by atoms with Crippen LogP contribution in [0.5, 0.6) is 0 Å². The predicted octanol–water partition coefficient (Wildman–Crippen LogP) is 0.845. The predicted molar refractivity (Wildman–Crippen MR) is 74.8 cm³/mol. The van der Waals surface area contributed by atoms with E-state index in [1.807, 2.05) is 0 Å². The van der Waals surface area contributed by atoms with Crippen LogP contribution in [0.15, 0.2) is 12.1 Å².